The van der Waals surface area contributed by atoms with Gasteiger partial charge in [-0.3, -0.25) is 4.79 Å². The Morgan fingerprint density at radius 3 is 2.50 bits per heavy atom. The van der Waals surface area contributed by atoms with E-state index in [4.69, 9.17) is 18.9 Å². The van der Waals surface area contributed by atoms with Gasteiger partial charge in [0.1, 0.15) is 17.6 Å². The number of hydrogen-bond acceptors (Lipinski definition) is 7. The van der Waals surface area contributed by atoms with Gasteiger partial charge in [-0.05, 0) is 50.0 Å². The zero-order chi connectivity index (χ0) is 28.9. The second-order valence-electron chi connectivity index (χ2n) is 9.54. The zero-order valence-electron chi connectivity index (χ0n) is 22.0. The maximum Gasteiger partial charge on any atom is 0.315 e. The van der Waals surface area contributed by atoms with E-state index >= 15 is 8.78 Å². The average Bonchev–Trinajstić information content (AvgIpc) is 2.98. The van der Waals surface area contributed by atoms with Crippen molar-refractivity contribution in [1.82, 2.24) is 4.98 Å². The Balaban J connectivity index is 1.73. The van der Waals surface area contributed by atoms with Crippen molar-refractivity contribution in [3.8, 4) is 29.2 Å². The lowest BCUT2D eigenvalue weighted by Crippen LogP contribution is -2.56. The van der Waals surface area contributed by atoms with Crippen molar-refractivity contribution >= 4 is 5.97 Å². The number of aromatic nitrogens is 1. The van der Waals surface area contributed by atoms with Crippen LogP contribution in [0.25, 0.3) is 0 Å². The highest BCUT2D eigenvalue weighted by Gasteiger charge is 2.56. The van der Waals surface area contributed by atoms with E-state index in [0.29, 0.717) is 12.8 Å². The van der Waals surface area contributed by atoms with Crippen molar-refractivity contribution in [3.05, 3.63) is 89.9 Å². The van der Waals surface area contributed by atoms with E-state index in [9.17, 15) is 14.4 Å². The highest BCUT2D eigenvalue weighted by Crippen LogP contribution is 2.50. The molecule has 0 bridgehead atoms. The fourth-order valence-electron chi connectivity index (χ4n) is 4.82. The van der Waals surface area contributed by atoms with E-state index in [1.165, 1.54) is 31.4 Å². The first-order valence-corrected chi connectivity index (χ1v) is 12.5. The van der Waals surface area contributed by atoms with E-state index in [1.807, 2.05) is 36.4 Å². The molecule has 1 aromatic heterocycles. The first kappa shape index (κ1) is 28.5. The number of methoxy groups -OCH3 is 1. The van der Waals surface area contributed by atoms with Crippen LogP contribution in [0, 0.1) is 34.3 Å². The molecule has 40 heavy (non-hydrogen) atoms. The molecule has 1 saturated carbocycles. The van der Waals surface area contributed by atoms with Crippen LogP contribution in [-0.2, 0) is 16.1 Å². The van der Waals surface area contributed by atoms with Crippen LogP contribution in [0.4, 0.5) is 13.2 Å². The van der Waals surface area contributed by atoms with Gasteiger partial charge in [0.05, 0.1) is 18.7 Å². The normalized spacial score (nSPS) is 20.2. The third-order valence-electron chi connectivity index (χ3n) is 7.14. The number of ether oxygens (including phenoxy) is 4. The van der Waals surface area contributed by atoms with E-state index in [2.05, 4.69) is 11.6 Å². The molecule has 1 aliphatic carbocycles. The number of nitriles is 1. The number of benzene rings is 2. The Labute approximate surface area is 229 Å². The summed E-state index contributed by atoms with van der Waals surface area (Å²) in [5, 5.41) is 9.35. The summed E-state index contributed by atoms with van der Waals surface area (Å²) < 4.78 is 67.6. The lowest BCUT2D eigenvalue weighted by atomic mass is 9.64. The van der Waals surface area contributed by atoms with Crippen molar-refractivity contribution in [2.75, 3.05) is 7.11 Å². The number of hydrogen-bond donors (Lipinski definition) is 0. The van der Waals surface area contributed by atoms with Gasteiger partial charge in [0.25, 0.3) is 11.8 Å². The fraction of sp³-hybridized carbons (Fsp3) is 0.300. The molecule has 0 aliphatic heterocycles. The summed E-state index contributed by atoms with van der Waals surface area (Å²) in [6.07, 6.45) is 2.93. The Kier molecular flexibility index (Phi) is 8.33. The van der Waals surface area contributed by atoms with Gasteiger partial charge in [0.15, 0.2) is 11.5 Å². The topological polar surface area (TPSA) is 90.7 Å². The van der Waals surface area contributed by atoms with E-state index in [0.717, 1.165) is 5.56 Å². The predicted molar refractivity (Wildman–Crippen MR) is 138 cm³/mol. The Bertz CT molecular complexity index is 1460. The minimum atomic E-state index is -1.70. The maximum absolute atomic E-state index is 15.8. The summed E-state index contributed by atoms with van der Waals surface area (Å²) in [5.74, 6) is -7.63. The van der Waals surface area contributed by atoms with Crippen LogP contribution < -0.4 is 14.2 Å². The van der Waals surface area contributed by atoms with Crippen molar-refractivity contribution in [1.29, 1.82) is 5.26 Å². The maximum atomic E-state index is 15.8. The quantitative estimate of drug-likeness (QED) is 0.164. The zero-order valence-corrected chi connectivity index (χ0v) is 22.0. The fourth-order valence-corrected chi connectivity index (χ4v) is 4.82. The lowest BCUT2D eigenvalue weighted by molar-refractivity contribution is -0.167. The standard InChI is InChI=1S/C30H27F3N2O5/c1-4-30(15-9-8-14-29(30,2)28(36)37-3)40-25-23(31)26(33)35-27(24(25)32)39-22-16-20(17-34)12-13-21(22)38-18-19-10-6-5-7-11-19/h4-7,10-13,16H,1,8-9,14-15,18H2,2-3H3. The highest BCUT2D eigenvalue weighted by molar-refractivity contribution is 5.79. The van der Waals surface area contributed by atoms with Gasteiger partial charge >= 0.3 is 5.97 Å². The first-order valence-electron chi connectivity index (χ1n) is 12.5. The molecule has 2 unspecified atom stereocenters. The molecule has 0 radical (unpaired) electrons. The van der Waals surface area contributed by atoms with Crippen molar-refractivity contribution in [2.45, 2.75) is 44.8 Å². The van der Waals surface area contributed by atoms with Crippen LogP contribution in [0.3, 0.4) is 0 Å². The molecular formula is C30H27F3N2O5. The van der Waals surface area contributed by atoms with Gasteiger partial charge in [0, 0.05) is 6.07 Å². The molecule has 2 atom stereocenters. The Morgan fingerprint density at radius 1 is 1.10 bits per heavy atom. The third kappa shape index (κ3) is 5.32. The number of carbonyl (C=O) groups is 1. The van der Waals surface area contributed by atoms with E-state index < -0.39 is 46.2 Å². The smallest absolute Gasteiger partial charge is 0.315 e. The second kappa shape index (κ2) is 11.7. The minimum Gasteiger partial charge on any atom is -0.485 e. The Morgan fingerprint density at radius 2 is 1.82 bits per heavy atom. The van der Waals surface area contributed by atoms with Crippen LogP contribution in [-0.4, -0.2) is 23.7 Å². The highest BCUT2D eigenvalue weighted by atomic mass is 19.2. The first-order chi connectivity index (χ1) is 19.2. The lowest BCUT2D eigenvalue weighted by Gasteiger charge is -2.47. The summed E-state index contributed by atoms with van der Waals surface area (Å²) in [5.41, 5.74) is -2.01. The van der Waals surface area contributed by atoms with Gasteiger partial charge in [0.2, 0.25) is 17.4 Å². The molecule has 0 spiro atoms. The SMILES string of the molecule is C=CC1(Oc2c(F)c(F)nc(Oc3cc(C#N)ccc3OCc3ccccc3)c2F)CCCCC1(C)C(=O)OC. The van der Waals surface area contributed by atoms with Crippen LogP contribution >= 0.6 is 0 Å². The minimum absolute atomic E-state index is 0.101. The molecule has 0 saturated heterocycles. The monoisotopic (exact) mass is 552 g/mol. The summed E-state index contributed by atoms with van der Waals surface area (Å²) in [6.45, 7) is 5.41. The molecule has 2 aromatic carbocycles. The van der Waals surface area contributed by atoms with Gasteiger partial charge in [-0.15, -0.1) is 0 Å². The molecule has 7 nitrogen and oxygen atoms in total. The number of halogens is 3. The van der Waals surface area contributed by atoms with Gasteiger partial charge < -0.3 is 18.9 Å². The largest absolute Gasteiger partial charge is 0.485 e. The molecule has 3 aromatic rings. The average molecular weight is 553 g/mol. The third-order valence-corrected chi connectivity index (χ3v) is 7.14. The van der Waals surface area contributed by atoms with Crippen molar-refractivity contribution < 1.29 is 36.9 Å². The van der Waals surface area contributed by atoms with Gasteiger partial charge in [-0.1, -0.05) is 43.3 Å². The summed E-state index contributed by atoms with van der Waals surface area (Å²) in [6, 6.07) is 15.2. The van der Waals surface area contributed by atoms with Gasteiger partial charge in [-0.25, -0.2) is 0 Å². The van der Waals surface area contributed by atoms with Crippen LogP contribution in [0.2, 0.25) is 0 Å². The van der Waals surface area contributed by atoms with Crippen LogP contribution in [0.5, 0.6) is 23.1 Å². The Hall–Kier alpha value is -4.52. The summed E-state index contributed by atoms with van der Waals surface area (Å²) in [7, 11) is 1.20. The molecular weight excluding hydrogens is 525 g/mol. The number of carbonyl (C=O) groups excluding carboxylic acids is 1. The second-order valence-corrected chi connectivity index (χ2v) is 9.54. The number of rotatable bonds is 9. The summed E-state index contributed by atoms with van der Waals surface area (Å²) in [4.78, 5) is 16.1. The van der Waals surface area contributed by atoms with E-state index in [-0.39, 0.29) is 36.5 Å². The van der Waals surface area contributed by atoms with Crippen LogP contribution in [0.15, 0.2) is 61.2 Å². The molecule has 1 fully saturated rings. The number of esters is 1. The van der Waals surface area contributed by atoms with E-state index in [1.54, 1.807) is 6.92 Å². The van der Waals surface area contributed by atoms with Crippen molar-refractivity contribution in [2.24, 2.45) is 5.41 Å². The molecule has 1 aliphatic rings. The number of nitrogens with zero attached hydrogens (tertiary/aromatic N) is 2. The predicted octanol–water partition coefficient (Wildman–Crippen LogP) is 6.80. The molecule has 1 heterocycles. The molecule has 10 heteroatoms. The number of pyridine rings is 1. The molecule has 4 rings (SSSR count). The molecule has 208 valence electrons. The van der Waals surface area contributed by atoms with Crippen molar-refractivity contribution in [3.63, 3.8) is 0 Å². The molecule has 0 amide bonds. The van der Waals surface area contributed by atoms with Gasteiger partial charge in [-0.2, -0.15) is 23.4 Å². The summed E-state index contributed by atoms with van der Waals surface area (Å²) >= 11 is 0. The molecule has 0 N–H and O–H groups in total. The van der Waals surface area contributed by atoms with Crippen LogP contribution in [0.1, 0.15) is 43.7 Å².